The van der Waals surface area contributed by atoms with Gasteiger partial charge in [-0.1, -0.05) is 0 Å². The Morgan fingerprint density at radius 1 is 1.77 bits per heavy atom. The minimum absolute atomic E-state index is 0.0280. The molecular formula is C7H9N3O3. The van der Waals surface area contributed by atoms with Crippen LogP contribution < -0.4 is 5.32 Å². The van der Waals surface area contributed by atoms with E-state index in [9.17, 15) is 14.9 Å². The number of aromatic nitrogens is 1. The molecule has 0 aliphatic carbocycles. The van der Waals surface area contributed by atoms with Crippen LogP contribution in [0.1, 0.15) is 0 Å². The zero-order valence-electron chi connectivity index (χ0n) is 7.06. The van der Waals surface area contributed by atoms with Gasteiger partial charge in [-0.25, -0.2) is 4.57 Å². The van der Waals surface area contributed by atoms with Crippen molar-refractivity contribution < 1.29 is 9.72 Å². The molecule has 0 unspecified atom stereocenters. The van der Waals surface area contributed by atoms with E-state index >= 15 is 0 Å². The van der Waals surface area contributed by atoms with Crippen LogP contribution in [0.2, 0.25) is 0 Å². The molecule has 1 rings (SSSR count). The number of rotatable bonds is 3. The van der Waals surface area contributed by atoms with Crippen LogP contribution in [0.4, 0.5) is 5.82 Å². The molecule has 1 aromatic rings. The first-order valence-electron chi connectivity index (χ1n) is 3.65. The lowest BCUT2D eigenvalue weighted by molar-refractivity contribution is -0.391. The number of carbonyl (C=O) groups is 1. The van der Waals surface area contributed by atoms with Gasteiger partial charge in [0.2, 0.25) is 0 Å². The van der Waals surface area contributed by atoms with Crippen LogP contribution in [0.25, 0.3) is 0 Å². The van der Waals surface area contributed by atoms with Gasteiger partial charge in [0.05, 0.1) is 6.20 Å². The largest absolute Gasteiger partial charge is 0.358 e. The summed E-state index contributed by atoms with van der Waals surface area (Å²) in [6, 6.07) is 2.88. The predicted molar refractivity (Wildman–Crippen MR) is 45.2 cm³/mol. The Labute approximate surface area is 74.3 Å². The maximum absolute atomic E-state index is 10.9. The molecule has 70 valence electrons. The summed E-state index contributed by atoms with van der Waals surface area (Å²) in [4.78, 5) is 20.8. The van der Waals surface area contributed by atoms with Crippen LogP contribution in [0.3, 0.4) is 0 Å². The van der Waals surface area contributed by atoms with Crippen molar-refractivity contribution in [1.82, 2.24) is 9.88 Å². The molecule has 0 spiro atoms. The van der Waals surface area contributed by atoms with Gasteiger partial charge < -0.3 is 15.4 Å². The van der Waals surface area contributed by atoms with Crippen LogP contribution >= 0.6 is 0 Å². The summed E-state index contributed by atoms with van der Waals surface area (Å²) in [5.74, 6) is -0.345. The van der Waals surface area contributed by atoms with E-state index in [2.05, 4.69) is 5.32 Å². The lowest BCUT2D eigenvalue weighted by Crippen LogP contribution is -2.23. The maximum atomic E-state index is 10.9. The third-order valence-corrected chi connectivity index (χ3v) is 1.59. The second-order valence-corrected chi connectivity index (χ2v) is 2.42. The molecule has 0 bridgehead atoms. The average Bonchev–Trinajstić information content (AvgIpc) is 2.52. The normalized spacial score (nSPS) is 9.62. The molecule has 13 heavy (non-hydrogen) atoms. The molecule has 1 heterocycles. The zero-order valence-corrected chi connectivity index (χ0v) is 7.06. The fourth-order valence-electron chi connectivity index (χ4n) is 0.938. The third kappa shape index (κ3) is 2.05. The monoisotopic (exact) mass is 183 g/mol. The summed E-state index contributed by atoms with van der Waals surface area (Å²) in [6.45, 7) is -0.0280. The SMILES string of the molecule is CNC(=O)Cn1cccc1[N+](=O)[O-]. The van der Waals surface area contributed by atoms with Crippen molar-refractivity contribution in [1.29, 1.82) is 0 Å². The van der Waals surface area contributed by atoms with Gasteiger partial charge in [-0.05, 0) is 11.0 Å². The van der Waals surface area contributed by atoms with E-state index in [1.54, 1.807) is 0 Å². The van der Waals surface area contributed by atoms with Crippen molar-refractivity contribution in [2.24, 2.45) is 0 Å². The van der Waals surface area contributed by atoms with E-state index in [-0.39, 0.29) is 18.3 Å². The number of nitro groups is 1. The Bertz CT molecular complexity index is 331. The van der Waals surface area contributed by atoms with Crippen LogP contribution in [-0.2, 0) is 11.3 Å². The highest BCUT2D eigenvalue weighted by Crippen LogP contribution is 2.10. The number of hydrogen-bond acceptors (Lipinski definition) is 3. The fourth-order valence-corrected chi connectivity index (χ4v) is 0.938. The molecule has 0 aliphatic rings. The van der Waals surface area contributed by atoms with Crippen molar-refractivity contribution in [3.8, 4) is 0 Å². The highest BCUT2D eigenvalue weighted by Gasteiger charge is 2.13. The van der Waals surface area contributed by atoms with Gasteiger partial charge in [0, 0.05) is 13.1 Å². The number of carbonyl (C=O) groups excluding carboxylic acids is 1. The van der Waals surface area contributed by atoms with E-state index in [4.69, 9.17) is 0 Å². The Hall–Kier alpha value is -1.85. The second-order valence-electron chi connectivity index (χ2n) is 2.42. The van der Waals surface area contributed by atoms with Crippen molar-refractivity contribution >= 4 is 11.7 Å². The van der Waals surface area contributed by atoms with Gasteiger partial charge in [-0.3, -0.25) is 4.79 Å². The Morgan fingerprint density at radius 3 is 3.00 bits per heavy atom. The van der Waals surface area contributed by atoms with Crippen molar-refractivity contribution in [2.45, 2.75) is 6.54 Å². The molecule has 1 aromatic heterocycles. The molecule has 0 radical (unpaired) electrons. The molecule has 0 saturated heterocycles. The van der Waals surface area contributed by atoms with Gasteiger partial charge in [0.15, 0.2) is 6.54 Å². The Kier molecular flexibility index (Phi) is 2.63. The minimum atomic E-state index is -0.525. The quantitative estimate of drug-likeness (QED) is 0.535. The number of nitrogens with zero attached hydrogens (tertiary/aromatic N) is 2. The van der Waals surface area contributed by atoms with Gasteiger partial charge in [0.25, 0.3) is 5.91 Å². The minimum Gasteiger partial charge on any atom is -0.358 e. The molecule has 0 atom stereocenters. The number of likely N-dealkylation sites (N-methyl/N-ethyl adjacent to an activating group) is 1. The third-order valence-electron chi connectivity index (χ3n) is 1.59. The van der Waals surface area contributed by atoms with Gasteiger partial charge in [-0.2, -0.15) is 0 Å². The molecule has 1 amide bonds. The zero-order chi connectivity index (χ0) is 9.84. The van der Waals surface area contributed by atoms with E-state index in [1.807, 2.05) is 0 Å². The lowest BCUT2D eigenvalue weighted by Gasteiger charge is -1.99. The molecule has 0 saturated carbocycles. The van der Waals surface area contributed by atoms with Crippen LogP contribution in [0.15, 0.2) is 18.3 Å². The molecule has 1 N–H and O–H groups in total. The van der Waals surface area contributed by atoms with Gasteiger partial charge in [0.1, 0.15) is 0 Å². The summed E-state index contributed by atoms with van der Waals surface area (Å²) in [5, 5.41) is 12.8. The van der Waals surface area contributed by atoms with Gasteiger partial charge >= 0.3 is 5.82 Å². The Morgan fingerprint density at radius 2 is 2.46 bits per heavy atom. The highest BCUT2D eigenvalue weighted by atomic mass is 16.6. The first-order chi connectivity index (χ1) is 6.15. The summed E-state index contributed by atoms with van der Waals surface area (Å²) in [7, 11) is 1.48. The van der Waals surface area contributed by atoms with Crippen LogP contribution in [-0.4, -0.2) is 22.4 Å². The summed E-state index contributed by atoms with van der Waals surface area (Å²) >= 11 is 0. The second kappa shape index (κ2) is 3.70. The van der Waals surface area contributed by atoms with E-state index in [0.29, 0.717) is 0 Å². The molecule has 0 aliphatic heterocycles. The van der Waals surface area contributed by atoms with E-state index in [0.717, 1.165) is 0 Å². The molecular weight excluding hydrogens is 174 g/mol. The molecule has 6 heteroatoms. The summed E-state index contributed by atoms with van der Waals surface area (Å²) in [6.07, 6.45) is 1.49. The van der Waals surface area contributed by atoms with E-state index in [1.165, 1.54) is 29.9 Å². The van der Waals surface area contributed by atoms with Crippen molar-refractivity contribution in [2.75, 3.05) is 7.05 Å². The number of hydrogen-bond donors (Lipinski definition) is 1. The van der Waals surface area contributed by atoms with Crippen molar-refractivity contribution in [3.05, 3.63) is 28.4 Å². The fraction of sp³-hybridized carbons (Fsp3) is 0.286. The standard InChI is InChI=1S/C7H9N3O3/c1-8-6(11)5-9-4-2-3-7(9)10(12)13/h2-4H,5H2,1H3,(H,8,11). The van der Waals surface area contributed by atoms with Crippen LogP contribution in [0.5, 0.6) is 0 Å². The highest BCUT2D eigenvalue weighted by molar-refractivity contribution is 5.75. The smallest absolute Gasteiger partial charge is 0.323 e. The first-order valence-corrected chi connectivity index (χ1v) is 3.65. The van der Waals surface area contributed by atoms with Gasteiger partial charge in [-0.15, -0.1) is 0 Å². The lowest BCUT2D eigenvalue weighted by atomic mass is 10.5. The predicted octanol–water partition coefficient (Wildman–Crippen LogP) is 0.142. The average molecular weight is 183 g/mol. The molecule has 0 fully saturated rings. The number of nitrogens with one attached hydrogen (secondary N) is 1. The molecule has 0 aromatic carbocycles. The van der Waals surface area contributed by atoms with E-state index < -0.39 is 4.92 Å². The first kappa shape index (κ1) is 9.24. The molecule has 6 nitrogen and oxygen atoms in total. The van der Waals surface area contributed by atoms with Crippen LogP contribution in [0, 0.1) is 10.1 Å². The summed E-state index contributed by atoms with van der Waals surface area (Å²) < 4.78 is 1.28. The topological polar surface area (TPSA) is 77.2 Å². The Balaban J connectivity index is 2.82. The van der Waals surface area contributed by atoms with Crippen molar-refractivity contribution in [3.63, 3.8) is 0 Å². The maximum Gasteiger partial charge on any atom is 0.323 e. The number of amides is 1. The summed E-state index contributed by atoms with van der Waals surface area (Å²) in [5.41, 5.74) is 0.